The molecule has 0 bridgehead atoms. The zero-order chi connectivity index (χ0) is 19.5. The van der Waals surface area contributed by atoms with Crippen molar-refractivity contribution in [1.82, 2.24) is 5.32 Å². The van der Waals surface area contributed by atoms with E-state index >= 15 is 0 Å². The van der Waals surface area contributed by atoms with E-state index in [-0.39, 0.29) is 31.1 Å². The molecule has 0 radical (unpaired) electrons. The summed E-state index contributed by atoms with van der Waals surface area (Å²) in [6.45, 7) is 1.56. The molecule has 0 saturated carbocycles. The minimum absolute atomic E-state index is 0.0220. The summed E-state index contributed by atoms with van der Waals surface area (Å²) < 4.78 is 5.16. The second-order valence-corrected chi connectivity index (χ2v) is 6.22. The van der Waals surface area contributed by atoms with Gasteiger partial charge in [-0.25, -0.2) is 0 Å². The maximum atomic E-state index is 11.9. The molecule has 6 nitrogen and oxygen atoms in total. The Morgan fingerprint density at radius 3 is 2.37 bits per heavy atom. The summed E-state index contributed by atoms with van der Waals surface area (Å²) in [7, 11) is 0. The van der Waals surface area contributed by atoms with Gasteiger partial charge in [-0.2, -0.15) is 5.26 Å². The van der Waals surface area contributed by atoms with E-state index in [2.05, 4.69) is 22.8 Å². The lowest BCUT2D eigenvalue weighted by Crippen LogP contribution is -2.36. The fourth-order valence-corrected chi connectivity index (χ4v) is 2.48. The van der Waals surface area contributed by atoms with Crippen LogP contribution >= 0.6 is 0 Å². The topological polar surface area (TPSA) is 91.2 Å². The maximum Gasteiger partial charge on any atom is 0.250 e. The molecule has 2 aromatic rings. The predicted octanol–water partition coefficient (Wildman–Crippen LogP) is 2.65. The molecule has 0 aliphatic rings. The van der Waals surface area contributed by atoms with Crippen LogP contribution in [0.5, 0.6) is 0 Å². The molecule has 0 aromatic heterocycles. The van der Waals surface area contributed by atoms with Crippen LogP contribution in [0.2, 0.25) is 0 Å². The van der Waals surface area contributed by atoms with Gasteiger partial charge < -0.3 is 15.4 Å². The van der Waals surface area contributed by atoms with Crippen LogP contribution in [-0.2, 0) is 20.7 Å². The van der Waals surface area contributed by atoms with Crippen molar-refractivity contribution in [1.29, 1.82) is 5.26 Å². The SMILES string of the molecule is C[C@H](CCc1ccccc1)NC(=O)COCC(=O)Nc1ccc(C#N)cc1. The average molecular weight is 365 g/mol. The highest BCUT2D eigenvalue weighted by Gasteiger charge is 2.09. The van der Waals surface area contributed by atoms with Crippen LogP contribution in [-0.4, -0.2) is 31.1 Å². The Balaban J connectivity index is 1.61. The van der Waals surface area contributed by atoms with Crippen LogP contribution < -0.4 is 10.6 Å². The number of nitrogens with zero attached hydrogens (tertiary/aromatic N) is 1. The highest BCUT2D eigenvalue weighted by molar-refractivity contribution is 5.91. The molecular formula is C21H23N3O3. The van der Waals surface area contributed by atoms with Gasteiger partial charge in [-0.1, -0.05) is 30.3 Å². The molecule has 0 aliphatic carbocycles. The molecule has 2 rings (SSSR count). The van der Waals surface area contributed by atoms with E-state index in [1.807, 2.05) is 31.2 Å². The molecule has 0 heterocycles. The fourth-order valence-electron chi connectivity index (χ4n) is 2.48. The summed E-state index contributed by atoms with van der Waals surface area (Å²) in [6.07, 6.45) is 1.71. The van der Waals surface area contributed by atoms with E-state index < -0.39 is 0 Å². The lowest BCUT2D eigenvalue weighted by Gasteiger charge is -2.14. The molecule has 2 aromatic carbocycles. The number of nitriles is 1. The van der Waals surface area contributed by atoms with Gasteiger partial charge in [-0.3, -0.25) is 9.59 Å². The molecule has 1 atom stereocenters. The second kappa shape index (κ2) is 10.7. The third-order valence-electron chi connectivity index (χ3n) is 3.88. The summed E-state index contributed by atoms with van der Waals surface area (Å²) in [5, 5.41) is 14.2. The molecule has 0 saturated heterocycles. The molecule has 140 valence electrons. The number of aryl methyl sites for hydroxylation is 1. The summed E-state index contributed by atoms with van der Waals surface area (Å²) in [6, 6.07) is 18.6. The van der Waals surface area contributed by atoms with E-state index in [9.17, 15) is 9.59 Å². The van der Waals surface area contributed by atoms with E-state index in [0.717, 1.165) is 12.8 Å². The van der Waals surface area contributed by atoms with Crippen molar-refractivity contribution in [3.8, 4) is 6.07 Å². The normalized spacial score (nSPS) is 11.3. The van der Waals surface area contributed by atoms with Gasteiger partial charge in [0, 0.05) is 11.7 Å². The largest absolute Gasteiger partial charge is 0.362 e. The predicted molar refractivity (Wildman–Crippen MR) is 103 cm³/mol. The van der Waals surface area contributed by atoms with Gasteiger partial charge in [-0.15, -0.1) is 0 Å². The van der Waals surface area contributed by atoms with Crippen molar-refractivity contribution in [2.75, 3.05) is 18.5 Å². The minimum Gasteiger partial charge on any atom is -0.362 e. The number of carbonyl (C=O) groups excluding carboxylic acids is 2. The molecular weight excluding hydrogens is 342 g/mol. The molecule has 6 heteroatoms. The van der Waals surface area contributed by atoms with Crippen molar-refractivity contribution in [2.45, 2.75) is 25.8 Å². The Labute approximate surface area is 159 Å². The van der Waals surface area contributed by atoms with Crippen molar-refractivity contribution in [3.63, 3.8) is 0 Å². The van der Waals surface area contributed by atoms with Gasteiger partial charge in [0.1, 0.15) is 13.2 Å². The summed E-state index contributed by atoms with van der Waals surface area (Å²) in [4.78, 5) is 23.7. The van der Waals surface area contributed by atoms with Gasteiger partial charge in [0.25, 0.3) is 0 Å². The van der Waals surface area contributed by atoms with Crippen molar-refractivity contribution >= 4 is 17.5 Å². The molecule has 0 fully saturated rings. The van der Waals surface area contributed by atoms with E-state index in [0.29, 0.717) is 11.3 Å². The van der Waals surface area contributed by atoms with Crippen molar-refractivity contribution < 1.29 is 14.3 Å². The molecule has 2 N–H and O–H groups in total. The van der Waals surface area contributed by atoms with Gasteiger partial charge in [-0.05, 0) is 49.6 Å². The minimum atomic E-state index is -0.357. The van der Waals surface area contributed by atoms with Gasteiger partial charge in [0.15, 0.2) is 0 Å². The van der Waals surface area contributed by atoms with E-state index in [1.54, 1.807) is 24.3 Å². The zero-order valence-electron chi connectivity index (χ0n) is 15.3. The number of benzene rings is 2. The summed E-state index contributed by atoms with van der Waals surface area (Å²) in [5.74, 6) is -0.605. The van der Waals surface area contributed by atoms with Gasteiger partial charge in [0.05, 0.1) is 11.6 Å². The van der Waals surface area contributed by atoms with Crippen LogP contribution in [0.3, 0.4) is 0 Å². The standard InChI is InChI=1S/C21H23N3O3/c1-16(7-8-17-5-3-2-4-6-17)23-20(25)14-27-15-21(26)24-19-11-9-18(13-22)10-12-19/h2-6,9-12,16H,7-8,14-15H2,1H3,(H,23,25)(H,24,26)/t16-/m1/s1. The van der Waals surface area contributed by atoms with Crippen LogP contribution in [0.25, 0.3) is 0 Å². The Kier molecular flexibility index (Phi) is 8.01. The third-order valence-corrected chi connectivity index (χ3v) is 3.88. The van der Waals surface area contributed by atoms with E-state index in [1.165, 1.54) is 5.56 Å². The van der Waals surface area contributed by atoms with Crippen molar-refractivity contribution in [2.24, 2.45) is 0 Å². The molecule has 0 unspecified atom stereocenters. The number of hydrogen-bond acceptors (Lipinski definition) is 4. The first-order valence-corrected chi connectivity index (χ1v) is 8.78. The lowest BCUT2D eigenvalue weighted by atomic mass is 10.1. The smallest absolute Gasteiger partial charge is 0.250 e. The first kappa shape index (κ1) is 20.1. The Morgan fingerprint density at radius 2 is 1.70 bits per heavy atom. The van der Waals surface area contributed by atoms with E-state index in [4.69, 9.17) is 10.00 Å². The van der Waals surface area contributed by atoms with Crippen LogP contribution in [0.1, 0.15) is 24.5 Å². The second-order valence-electron chi connectivity index (χ2n) is 6.22. The Morgan fingerprint density at radius 1 is 1.04 bits per heavy atom. The molecule has 27 heavy (non-hydrogen) atoms. The van der Waals surface area contributed by atoms with Gasteiger partial charge >= 0.3 is 0 Å². The first-order chi connectivity index (χ1) is 13.1. The van der Waals surface area contributed by atoms with Gasteiger partial charge in [0.2, 0.25) is 11.8 Å². The number of rotatable bonds is 9. The first-order valence-electron chi connectivity index (χ1n) is 8.78. The number of ether oxygens (including phenoxy) is 1. The number of anilines is 1. The summed E-state index contributed by atoms with van der Waals surface area (Å²) in [5.41, 5.74) is 2.32. The highest BCUT2D eigenvalue weighted by Crippen LogP contribution is 2.08. The van der Waals surface area contributed by atoms with Crippen molar-refractivity contribution in [3.05, 3.63) is 65.7 Å². The number of carbonyl (C=O) groups is 2. The zero-order valence-corrected chi connectivity index (χ0v) is 15.3. The Bertz CT molecular complexity index is 783. The Hall–Kier alpha value is -3.17. The molecule has 2 amide bonds. The summed E-state index contributed by atoms with van der Waals surface area (Å²) >= 11 is 0. The van der Waals surface area contributed by atoms with Crippen LogP contribution in [0, 0.1) is 11.3 Å². The maximum absolute atomic E-state index is 11.9. The third kappa shape index (κ3) is 7.72. The average Bonchev–Trinajstić information content (AvgIpc) is 2.68. The fraction of sp³-hybridized carbons (Fsp3) is 0.286. The number of nitrogens with one attached hydrogen (secondary N) is 2. The number of amides is 2. The lowest BCUT2D eigenvalue weighted by molar-refractivity contribution is -0.129. The quantitative estimate of drug-likeness (QED) is 0.715. The van der Waals surface area contributed by atoms with Crippen LogP contribution in [0.4, 0.5) is 5.69 Å². The molecule has 0 spiro atoms. The monoisotopic (exact) mass is 365 g/mol. The number of hydrogen-bond donors (Lipinski definition) is 2. The van der Waals surface area contributed by atoms with Crippen LogP contribution in [0.15, 0.2) is 54.6 Å². The highest BCUT2D eigenvalue weighted by atomic mass is 16.5. The molecule has 0 aliphatic heterocycles.